The highest BCUT2D eigenvalue weighted by Crippen LogP contribution is 2.38. The molecule has 1 saturated carbocycles. The van der Waals surface area contributed by atoms with E-state index in [1.165, 1.54) is 6.07 Å². The van der Waals surface area contributed by atoms with Gasteiger partial charge in [-0.2, -0.15) is 8.78 Å². The van der Waals surface area contributed by atoms with Gasteiger partial charge < -0.3 is 15.4 Å². The predicted octanol–water partition coefficient (Wildman–Crippen LogP) is 3.39. The van der Waals surface area contributed by atoms with E-state index in [-0.39, 0.29) is 5.69 Å². The normalized spacial score (nSPS) is 14.8. The lowest BCUT2D eigenvalue weighted by atomic mass is 10.2. The molecule has 0 unspecified atom stereocenters. The fraction of sp³-hybridized carbons (Fsp3) is 0.538. The molecule has 0 bridgehead atoms. The van der Waals surface area contributed by atoms with Crippen LogP contribution in [-0.2, 0) is 0 Å². The Morgan fingerprint density at radius 2 is 2.11 bits per heavy atom. The number of rotatable bonds is 6. The lowest BCUT2D eigenvalue weighted by Gasteiger charge is -2.26. The van der Waals surface area contributed by atoms with Gasteiger partial charge in [-0.3, -0.25) is 0 Å². The SMILES string of the molecule is CCCN(c1cc(OC(F)F)c(F)cc1N)C1CC1. The van der Waals surface area contributed by atoms with E-state index in [4.69, 9.17) is 5.73 Å². The van der Waals surface area contributed by atoms with Crippen LogP contribution in [0.1, 0.15) is 26.2 Å². The Kier molecular flexibility index (Phi) is 4.07. The van der Waals surface area contributed by atoms with E-state index in [2.05, 4.69) is 4.74 Å². The van der Waals surface area contributed by atoms with Crippen molar-refractivity contribution in [3.05, 3.63) is 17.9 Å². The van der Waals surface area contributed by atoms with Gasteiger partial charge in [-0.1, -0.05) is 6.92 Å². The highest BCUT2D eigenvalue weighted by atomic mass is 19.3. The molecule has 1 fully saturated rings. The number of nitrogens with two attached hydrogens (primary N) is 1. The van der Waals surface area contributed by atoms with Crippen LogP contribution in [0, 0.1) is 5.82 Å². The molecule has 2 rings (SSSR count). The summed E-state index contributed by atoms with van der Waals surface area (Å²) < 4.78 is 42.1. The second-order valence-corrected chi connectivity index (χ2v) is 4.64. The Hall–Kier alpha value is -1.59. The molecular formula is C13H17F3N2O. The minimum absolute atomic E-state index is 0.250. The minimum Gasteiger partial charge on any atom is -0.432 e. The molecule has 0 aliphatic heterocycles. The Labute approximate surface area is 110 Å². The second-order valence-electron chi connectivity index (χ2n) is 4.64. The van der Waals surface area contributed by atoms with Crippen LogP contribution in [0.15, 0.2) is 12.1 Å². The van der Waals surface area contributed by atoms with Crippen LogP contribution in [0.4, 0.5) is 24.5 Å². The number of ether oxygens (including phenoxy) is 1. The molecular weight excluding hydrogens is 257 g/mol. The third kappa shape index (κ3) is 3.24. The van der Waals surface area contributed by atoms with Gasteiger partial charge in [0.2, 0.25) is 0 Å². The van der Waals surface area contributed by atoms with E-state index in [9.17, 15) is 13.2 Å². The summed E-state index contributed by atoms with van der Waals surface area (Å²) in [7, 11) is 0. The highest BCUT2D eigenvalue weighted by Gasteiger charge is 2.30. The first-order chi connectivity index (χ1) is 9.02. The average Bonchev–Trinajstić information content (AvgIpc) is 3.14. The monoisotopic (exact) mass is 274 g/mol. The Bertz CT molecular complexity index is 450. The second kappa shape index (κ2) is 5.59. The number of anilines is 2. The molecule has 1 aliphatic rings. The van der Waals surface area contributed by atoms with Crippen molar-refractivity contribution in [1.82, 2.24) is 0 Å². The van der Waals surface area contributed by atoms with Gasteiger partial charge in [-0.25, -0.2) is 4.39 Å². The van der Waals surface area contributed by atoms with Crippen LogP contribution in [0.3, 0.4) is 0 Å². The summed E-state index contributed by atoms with van der Waals surface area (Å²) in [4.78, 5) is 2.03. The third-order valence-electron chi connectivity index (χ3n) is 3.06. The molecule has 2 N–H and O–H groups in total. The van der Waals surface area contributed by atoms with E-state index in [1.807, 2.05) is 11.8 Å². The largest absolute Gasteiger partial charge is 0.432 e. The highest BCUT2D eigenvalue weighted by molar-refractivity contribution is 5.71. The van der Waals surface area contributed by atoms with Crippen LogP contribution >= 0.6 is 0 Å². The number of hydrogen-bond donors (Lipinski definition) is 1. The summed E-state index contributed by atoms with van der Waals surface area (Å²) >= 11 is 0. The molecule has 1 aromatic rings. The number of nitrogens with zero attached hydrogens (tertiary/aromatic N) is 1. The Morgan fingerprint density at radius 1 is 1.42 bits per heavy atom. The maximum absolute atomic E-state index is 13.5. The van der Waals surface area contributed by atoms with Crippen LogP contribution in [0.2, 0.25) is 0 Å². The topological polar surface area (TPSA) is 38.5 Å². The fourth-order valence-electron chi connectivity index (χ4n) is 2.12. The standard InChI is InChI=1S/C13H17F3N2O/c1-2-5-18(8-3-4-8)11-7-12(19-13(15)16)9(14)6-10(11)17/h6-8,13H,2-5,17H2,1H3. The lowest BCUT2D eigenvalue weighted by Crippen LogP contribution is -2.27. The molecule has 0 atom stereocenters. The van der Waals surface area contributed by atoms with Gasteiger partial charge in [0.15, 0.2) is 11.6 Å². The van der Waals surface area contributed by atoms with Crippen molar-refractivity contribution in [2.75, 3.05) is 17.2 Å². The first-order valence-corrected chi connectivity index (χ1v) is 6.33. The molecule has 0 amide bonds. The van der Waals surface area contributed by atoms with E-state index in [1.54, 1.807) is 0 Å². The Balaban J connectivity index is 2.32. The molecule has 0 saturated heterocycles. The molecule has 0 aromatic heterocycles. The first-order valence-electron chi connectivity index (χ1n) is 6.33. The zero-order chi connectivity index (χ0) is 14.0. The summed E-state index contributed by atoms with van der Waals surface area (Å²) in [5, 5.41) is 0. The minimum atomic E-state index is -3.05. The maximum atomic E-state index is 13.5. The number of halogens is 3. The van der Waals surface area contributed by atoms with Crippen molar-refractivity contribution in [3.8, 4) is 5.75 Å². The molecule has 106 valence electrons. The number of nitrogen functional groups attached to an aromatic ring is 1. The van der Waals surface area contributed by atoms with Crippen LogP contribution < -0.4 is 15.4 Å². The van der Waals surface area contributed by atoms with Crippen LogP contribution in [0.5, 0.6) is 5.75 Å². The van der Waals surface area contributed by atoms with E-state index < -0.39 is 18.2 Å². The van der Waals surface area contributed by atoms with Gasteiger partial charge in [0.25, 0.3) is 0 Å². The summed E-state index contributed by atoms with van der Waals surface area (Å²) in [5.41, 5.74) is 6.61. The molecule has 3 nitrogen and oxygen atoms in total. The summed E-state index contributed by atoms with van der Waals surface area (Å²) in [6.45, 7) is -0.271. The maximum Gasteiger partial charge on any atom is 0.387 e. The van der Waals surface area contributed by atoms with Crippen LogP contribution in [0.25, 0.3) is 0 Å². The molecule has 19 heavy (non-hydrogen) atoms. The van der Waals surface area contributed by atoms with Crippen molar-refractivity contribution in [3.63, 3.8) is 0 Å². The van der Waals surface area contributed by atoms with Gasteiger partial charge >= 0.3 is 6.61 Å². The smallest absolute Gasteiger partial charge is 0.387 e. The zero-order valence-corrected chi connectivity index (χ0v) is 10.7. The number of hydrogen-bond acceptors (Lipinski definition) is 3. The number of benzene rings is 1. The van der Waals surface area contributed by atoms with E-state index in [0.29, 0.717) is 11.7 Å². The molecule has 0 radical (unpaired) electrons. The average molecular weight is 274 g/mol. The Morgan fingerprint density at radius 3 is 2.63 bits per heavy atom. The molecule has 1 aliphatic carbocycles. The van der Waals surface area contributed by atoms with Gasteiger partial charge in [0.1, 0.15) is 0 Å². The molecule has 1 aromatic carbocycles. The van der Waals surface area contributed by atoms with Gasteiger partial charge in [-0.05, 0) is 19.3 Å². The quantitative estimate of drug-likeness (QED) is 0.808. The fourth-order valence-corrected chi connectivity index (χ4v) is 2.12. The van der Waals surface area contributed by atoms with Crippen molar-refractivity contribution < 1.29 is 17.9 Å². The number of alkyl halides is 2. The first kappa shape index (κ1) is 13.8. The molecule has 6 heteroatoms. The third-order valence-corrected chi connectivity index (χ3v) is 3.06. The summed E-state index contributed by atoms with van der Waals surface area (Å²) in [6.07, 6.45) is 2.99. The van der Waals surface area contributed by atoms with Crippen LogP contribution in [-0.4, -0.2) is 19.2 Å². The van der Waals surface area contributed by atoms with Gasteiger partial charge in [0, 0.05) is 24.7 Å². The van der Waals surface area contributed by atoms with Crippen molar-refractivity contribution in [1.29, 1.82) is 0 Å². The van der Waals surface area contributed by atoms with Crippen molar-refractivity contribution >= 4 is 11.4 Å². The lowest BCUT2D eigenvalue weighted by molar-refractivity contribution is -0.0521. The molecule has 0 heterocycles. The van der Waals surface area contributed by atoms with Gasteiger partial charge in [0.05, 0.1) is 11.4 Å². The van der Waals surface area contributed by atoms with E-state index >= 15 is 0 Å². The summed E-state index contributed by atoms with van der Waals surface area (Å²) in [5.74, 6) is -1.32. The zero-order valence-electron chi connectivity index (χ0n) is 10.7. The van der Waals surface area contributed by atoms with Crippen molar-refractivity contribution in [2.24, 2.45) is 0 Å². The van der Waals surface area contributed by atoms with Gasteiger partial charge in [-0.15, -0.1) is 0 Å². The summed E-state index contributed by atoms with van der Waals surface area (Å²) in [6, 6.07) is 2.68. The van der Waals surface area contributed by atoms with Crippen molar-refractivity contribution in [2.45, 2.75) is 38.8 Å². The van der Waals surface area contributed by atoms with E-state index in [0.717, 1.165) is 31.9 Å². The molecule has 0 spiro atoms. The predicted molar refractivity (Wildman–Crippen MR) is 68.1 cm³/mol.